The van der Waals surface area contributed by atoms with Crippen LogP contribution < -0.4 is 4.90 Å². The van der Waals surface area contributed by atoms with Crippen LogP contribution in [0.4, 0.5) is 17.1 Å². The zero-order valence-electron chi connectivity index (χ0n) is 18.8. The van der Waals surface area contributed by atoms with E-state index in [4.69, 9.17) is 4.98 Å². The van der Waals surface area contributed by atoms with Crippen molar-refractivity contribution in [3.05, 3.63) is 121 Å². The molecule has 7 rings (SSSR count). The van der Waals surface area contributed by atoms with Crippen molar-refractivity contribution in [2.24, 2.45) is 0 Å². The van der Waals surface area contributed by atoms with Gasteiger partial charge in [0.25, 0.3) is 0 Å². The fraction of sp³-hybridized carbons (Fsp3) is 0. The van der Waals surface area contributed by atoms with Gasteiger partial charge in [-0.2, -0.15) is 0 Å². The lowest BCUT2D eigenvalue weighted by Crippen LogP contribution is -2.09. The molecule has 0 aliphatic rings. The van der Waals surface area contributed by atoms with E-state index in [-0.39, 0.29) is 0 Å². The molecule has 0 amide bonds. The molecule has 0 N–H and O–H groups in total. The molecule has 0 fully saturated rings. The van der Waals surface area contributed by atoms with Crippen molar-refractivity contribution in [2.75, 3.05) is 4.90 Å². The van der Waals surface area contributed by atoms with Gasteiger partial charge in [-0.25, -0.2) is 4.98 Å². The Labute approximate surface area is 211 Å². The summed E-state index contributed by atoms with van der Waals surface area (Å²) < 4.78 is 3.86. The predicted molar refractivity (Wildman–Crippen MR) is 153 cm³/mol. The molecule has 0 atom stereocenters. The molecule has 5 aromatic carbocycles. The molecule has 2 aromatic heterocycles. The number of nitrogens with zero attached hydrogens (tertiary/aromatic N) is 2. The van der Waals surface area contributed by atoms with Gasteiger partial charge < -0.3 is 4.90 Å². The summed E-state index contributed by atoms with van der Waals surface area (Å²) in [6, 6.07) is 42.8. The van der Waals surface area contributed by atoms with Gasteiger partial charge in [-0.15, -0.1) is 22.7 Å². The number of anilines is 3. The second kappa shape index (κ2) is 8.35. The third kappa shape index (κ3) is 3.50. The van der Waals surface area contributed by atoms with E-state index in [9.17, 15) is 0 Å². The molecular weight excluding hydrogens is 464 g/mol. The monoisotopic (exact) mass is 484 g/mol. The van der Waals surface area contributed by atoms with Crippen LogP contribution in [-0.4, -0.2) is 4.98 Å². The highest BCUT2D eigenvalue weighted by molar-refractivity contribution is 7.28. The number of hydrogen-bond donors (Lipinski definition) is 0. The highest BCUT2D eigenvalue weighted by atomic mass is 32.1. The summed E-state index contributed by atoms with van der Waals surface area (Å²) in [5.41, 5.74) is 5.70. The van der Waals surface area contributed by atoms with Crippen molar-refractivity contribution < 1.29 is 0 Å². The summed E-state index contributed by atoms with van der Waals surface area (Å²) in [4.78, 5) is 7.28. The number of fused-ring (bicyclic) bond motifs is 5. The van der Waals surface area contributed by atoms with Gasteiger partial charge in [-0.3, -0.25) is 0 Å². The van der Waals surface area contributed by atoms with E-state index < -0.39 is 0 Å². The Balaban J connectivity index is 1.42. The Morgan fingerprint density at radius 3 is 1.89 bits per heavy atom. The molecule has 7 aromatic rings. The number of hydrogen-bond acceptors (Lipinski definition) is 4. The predicted octanol–water partition coefficient (Wildman–Crippen LogP) is 9.80. The van der Waals surface area contributed by atoms with E-state index >= 15 is 0 Å². The van der Waals surface area contributed by atoms with Crippen LogP contribution in [0.5, 0.6) is 0 Å². The Bertz CT molecular complexity index is 1750. The number of para-hydroxylation sites is 2. The minimum Gasteiger partial charge on any atom is -0.310 e. The van der Waals surface area contributed by atoms with Gasteiger partial charge in [-0.05, 0) is 48.5 Å². The first-order chi connectivity index (χ1) is 17.3. The average molecular weight is 485 g/mol. The molecule has 0 aliphatic heterocycles. The fourth-order valence-corrected chi connectivity index (χ4v) is 7.02. The molecule has 0 unspecified atom stereocenters. The van der Waals surface area contributed by atoms with Crippen molar-refractivity contribution in [1.82, 2.24) is 4.98 Å². The molecule has 0 saturated carbocycles. The third-order valence-electron chi connectivity index (χ3n) is 6.28. The van der Waals surface area contributed by atoms with E-state index in [2.05, 4.69) is 120 Å². The molecule has 4 heteroatoms. The summed E-state index contributed by atoms with van der Waals surface area (Å²) in [5, 5.41) is 3.69. The Kier molecular flexibility index (Phi) is 4.86. The number of aromatic nitrogens is 1. The normalized spacial score (nSPS) is 11.4. The maximum Gasteiger partial charge on any atom is 0.124 e. The first-order valence-corrected chi connectivity index (χ1v) is 13.2. The summed E-state index contributed by atoms with van der Waals surface area (Å²) in [6.07, 6.45) is 0. The number of rotatable bonds is 4. The first kappa shape index (κ1) is 20.4. The summed E-state index contributed by atoms with van der Waals surface area (Å²) in [7, 11) is 0. The molecule has 0 saturated heterocycles. The fourth-order valence-electron chi connectivity index (χ4n) is 4.68. The molecule has 166 valence electrons. The van der Waals surface area contributed by atoms with E-state index in [0.717, 1.165) is 27.6 Å². The SMILES string of the molecule is c1ccc(-c2nc3ccc4sc5cc(N(c6ccccc6)c6ccccc6)ccc5c4c3s2)cc1. The van der Waals surface area contributed by atoms with Crippen LogP contribution in [-0.2, 0) is 0 Å². The quantitative estimate of drug-likeness (QED) is 0.247. The highest BCUT2D eigenvalue weighted by Gasteiger charge is 2.17. The smallest absolute Gasteiger partial charge is 0.124 e. The minimum absolute atomic E-state index is 1.07. The lowest BCUT2D eigenvalue weighted by molar-refractivity contribution is 1.29. The zero-order valence-corrected chi connectivity index (χ0v) is 20.4. The van der Waals surface area contributed by atoms with Gasteiger partial charge in [0.15, 0.2) is 0 Å². The van der Waals surface area contributed by atoms with Crippen LogP contribution in [0.25, 0.3) is 41.0 Å². The van der Waals surface area contributed by atoms with Crippen LogP contribution in [0.1, 0.15) is 0 Å². The average Bonchev–Trinajstić information content (AvgIpc) is 3.52. The van der Waals surface area contributed by atoms with E-state index in [1.165, 1.54) is 30.4 Å². The zero-order chi connectivity index (χ0) is 23.2. The number of benzene rings is 5. The van der Waals surface area contributed by atoms with Crippen LogP contribution >= 0.6 is 22.7 Å². The van der Waals surface area contributed by atoms with E-state index in [0.29, 0.717) is 0 Å². The topological polar surface area (TPSA) is 16.1 Å². The van der Waals surface area contributed by atoms with Crippen molar-refractivity contribution >= 4 is 70.1 Å². The number of thiophene rings is 1. The molecule has 35 heavy (non-hydrogen) atoms. The van der Waals surface area contributed by atoms with Crippen molar-refractivity contribution in [2.45, 2.75) is 0 Å². The molecule has 0 spiro atoms. The third-order valence-corrected chi connectivity index (χ3v) is 8.54. The highest BCUT2D eigenvalue weighted by Crippen LogP contribution is 2.44. The summed E-state index contributed by atoms with van der Waals surface area (Å²) in [6.45, 7) is 0. The first-order valence-electron chi connectivity index (χ1n) is 11.6. The van der Waals surface area contributed by atoms with Gasteiger partial charge in [0.2, 0.25) is 0 Å². The Morgan fingerprint density at radius 1 is 0.543 bits per heavy atom. The van der Waals surface area contributed by atoms with Crippen molar-refractivity contribution in [3.8, 4) is 10.6 Å². The van der Waals surface area contributed by atoms with Crippen LogP contribution in [0.3, 0.4) is 0 Å². The van der Waals surface area contributed by atoms with Gasteiger partial charge in [0, 0.05) is 42.8 Å². The van der Waals surface area contributed by atoms with Crippen LogP contribution in [0.2, 0.25) is 0 Å². The van der Waals surface area contributed by atoms with Gasteiger partial charge >= 0.3 is 0 Å². The molecule has 2 nitrogen and oxygen atoms in total. The molecular formula is C31H20N2S2. The second-order valence-corrected chi connectivity index (χ2v) is 10.5. The van der Waals surface area contributed by atoms with E-state index in [1.807, 2.05) is 17.4 Å². The molecule has 0 bridgehead atoms. The minimum atomic E-state index is 1.07. The Hall–Kier alpha value is -3.99. The standard InChI is InChI=1S/C31H20N2S2/c1-4-10-21(11-5-1)31-32-26-18-19-27-29(30(26)35-31)25-17-16-24(20-28(25)34-27)33(22-12-6-2-7-13-22)23-14-8-3-9-15-23/h1-20H. The van der Waals surface area contributed by atoms with Crippen molar-refractivity contribution in [1.29, 1.82) is 0 Å². The second-order valence-electron chi connectivity index (χ2n) is 8.46. The lowest BCUT2D eigenvalue weighted by Gasteiger charge is -2.25. The van der Waals surface area contributed by atoms with Gasteiger partial charge in [-0.1, -0.05) is 72.8 Å². The van der Waals surface area contributed by atoms with E-state index in [1.54, 1.807) is 11.3 Å². The van der Waals surface area contributed by atoms with Crippen LogP contribution in [0.15, 0.2) is 121 Å². The molecule has 2 heterocycles. The van der Waals surface area contributed by atoms with Crippen LogP contribution in [0, 0.1) is 0 Å². The summed E-state index contributed by atoms with van der Waals surface area (Å²) in [5.74, 6) is 0. The summed E-state index contributed by atoms with van der Waals surface area (Å²) >= 11 is 3.64. The largest absolute Gasteiger partial charge is 0.310 e. The number of thiazole rings is 1. The molecule has 0 radical (unpaired) electrons. The van der Waals surface area contributed by atoms with Crippen molar-refractivity contribution in [3.63, 3.8) is 0 Å². The molecule has 0 aliphatic carbocycles. The van der Waals surface area contributed by atoms with Gasteiger partial charge in [0.05, 0.1) is 10.2 Å². The lowest BCUT2D eigenvalue weighted by atomic mass is 10.1. The Morgan fingerprint density at radius 2 is 1.20 bits per heavy atom. The maximum atomic E-state index is 4.96. The maximum absolute atomic E-state index is 4.96. The van der Waals surface area contributed by atoms with Gasteiger partial charge in [0.1, 0.15) is 5.01 Å².